The molecular weight excluding hydrogens is 254 g/mol. The number of hydrazine groups is 1. The number of methoxy groups -OCH3 is 2. The van der Waals surface area contributed by atoms with Crippen molar-refractivity contribution in [1.29, 1.82) is 0 Å². The molecule has 1 atom stereocenters. The second-order valence-electron chi connectivity index (χ2n) is 3.66. The highest BCUT2D eigenvalue weighted by atomic mass is 16.6. The SMILES string of the molecule is COCC(CNc1nc(NN)ccc1[N+](=O)[O-])OC. The molecule has 0 saturated heterocycles. The monoisotopic (exact) mass is 271 g/mol. The number of rotatable bonds is 8. The van der Waals surface area contributed by atoms with E-state index in [1.807, 2.05) is 0 Å². The lowest BCUT2D eigenvalue weighted by atomic mass is 10.3. The summed E-state index contributed by atoms with van der Waals surface area (Å²) in [5, 5.41) is 13.7. The van der Waals surface area contributed by atoms with Gasteiger partial charge in [0.15, 0.2) is 0 Å². The number of aromatic nitrogens is 1. The van der Waals surface area contributed by atoms with Gasteiger partial charge in [-0.05, 0) is 6.07 Å². The van der Waals surface area contributed by atoms with E-state index in [0.29, 0.717) is 19.0 Å². The Hall–Kier alpha value is -1.97. The maximum absolute atomic E-state index is 10.9. The Labute approximate surface area is 110 Å². The molecule has 0 spiro atoms. The summed E-state index contributed by atoms with van der Waals surface area (Å²) in [6, 6.07) is 2.74. The maximum Gasteiger partial charge on any atom is 0.311 e. The van der Waals surface area contributed by atoms with Crippen LogP contribution < -0.4 is 16.6 Å². The molecule has 0 radical (unpaired) electrons. The van der Waals surface area contributed by atoms with Crippen molar-refractivity contribution < 1.29 is 14.4 Å². The smallest absolute Gasteiger partial charge is 0.311 e. The number of nitro groups is 1. The Morgan fingerprint density at radius 1 is 1.53 bits per heavy atom. The number of pyridine rings is 1. The Morgan fingerprint density at radius 3 is 2.79 bits per heavy atom. The van der Waals surface area contributed by atoms with Crippen molar-refractivity contribution in [2.75, 3.05) is 38.1 Å². The highest BCUT2D eigenvalue weighted by Crippen LogP contribution is 2.23. The Morgan fingerprint density at radius 2 is 2.26 bits per heavy atom. The summed E-state index contributed by atoms with van der Waals surface area (Å²) in [4.78, 5) is 14.4. The van der Waals surface area contributed by atoms with E-state index < -0.39 is 4.92 Å². The first-order valence-corrected chi connectivity index (χ1v) is 5.50. The van der Waals surface area contributed by atoms with Crippen LogP contribution in [0, 0.1) is 10.1 Å². The number of hydrogen-bond acceptors (Lipinski definition) is 8. The van der Waals surface area contributed by atoms with Gasteiger partial charge in [0.1, 0.15) is 5.82 Å². The van der Waals surface area contributed by atoms with Gasteiger partial charge in [0.05, 0.1) is 17.6 Å². The molecule has 4 N–H and O–H groups in total. The van der Waals surface area contributed by atoms with Gasteiger partial charge in [0.25, 0.3) is 0 Å². The minimum absolute atomic E-state index is 0.124. The van der Waals surface area contributed by atoms with Crippen LogP contribution in [-0.2, 0) is 9.47 Å². The van der Waals surface area contributed by atoms with Crippen molar-refractivity contribution in [3.05, 3.63) is 22.2 Å². The molecule has 0 aliphatic heterocycles. The van der Waals surface area contributed by atoms with Gasteiger partial charge in [-0.1, -0.05) is 0 Å². The van der Waals surface area contributed by atoms with Gasteiger partial charge in [0.2, 0.25) is 5.82 Å². The summed E-state index contributed by atoms with van der Waals surface area (Å²) in [5.41, 5.74) is 2.20. The topological polar surface area (TPSA) is 125 Å². The quantitative estimate of drug-likeness (QED) is 0.351. The van der Waals surface area contributed by atoms with Gasteiger partial charge in [-0.15, -0.1) is 0 Å². The number of anilines is 2. The molecule has 1 aromatic heterocycles. The summed E-state index contributed by atoms with van der Waals surface area (Å²) >= 11 is 0. The predicted octanol–water partition coefficient (Wildman–Crippen LogP) is 0.349. The van der Waals surface area contributed by atoms with Crippen LogP contribution >= 0.6 is 0 Å². The van der Waals surface area contributed by atoms with Gasteiger partial charge >= 0.3 is 5.69 Å². The number of hydrogen-bond donors (Lipinski definition) is 3. The van der Waals surface area contributed by atoms with Crippen LogP contribution in [0.1, 0.15) is 0 Å². The Bertz CT molecular complexity index is 428. The van der Waals surface area contributed by atoms with E-state index in [1.54, 1.807) is 7.11 Å². The van der Waals surface area contributed by atoms with E-state index in [9.17, 15) is 10.1 Å². The zero-order chi connectivity index (χ0) is 14.3. The summed E-state index contributed by atoms with van der Waals surface area (Å²) in [7, 11) is 3.08. The first-order chi connectivity index (χ1) is 9.12. The highest BCUT2D eigenvalue weighted by Gasteiger charge is 2.17. The van der Waals surface area contributed by atoms with Crippen molar-refractivity contribution >= 4 is 17.3 Å². The fourth-order valence-electron chi connectivity index (χ4n) is 1.42. The van der Waals surface area contributed by atoms with E-state index in [2.05, 4.69) is 15.7 Å². The standard InChI is InChI=1S/C10H17N5O4/c1-18-6-7(19-2)5-12-10-8(15(16)17)3-4-9(13-10)14-11/h3-4,7H,5-6,11H2,1-2H3,(H2,12,13,14). The van der Waals surface area contributed by atoms with Crippen molar-refractivity contribution in [3.8, 4) is 0 Å². The summed E-state index contributed by atoms with van der Waals surface area (Å²) in [6.45, 7) is 0.693. The molecule has 9 nitrogen and oxygen atoms in total. The fraction of sp³-hybridized carbons (Fsp3) is 0.500. The summed E-state index contributed by atoms with van der Waals surface area (Å²) < 4.78 is 10.1. The summed E-state index contributed by atoms with van der Waals surface area (Å²) in [5.74, 6) is 5.67. The molecule has 106 valence electrons. The zero-order valence-electron chi connectivity index (χ0n) is 10.8. The predicted molar refractivity (Wildman–Crippen MR) is 69.9 cm³/mol. The minimum Gasteiger partial charge on any atom is -0.382 e. The van der Waals surface area contributed by atoms with Crippen LogP contribution in [0.15, 0.2) is 12.1 Å². The lowest BCUT2D eigenvalue weighted by Crippen LogP contribution is -2.27. The summed E-state index contributed by atoms with van der Waals surface area (Å²) in [6.07, 6.45) is -0.235. The number of nitrogens with two attached hydrogens (primary N) is 1. The third-order valence-corrected chi connectivity index (χ3v) is 2.40. The van der Waals surface area contributed by atoms with Gasteiger partial charge in [-0.2, -0.15) is 0 Å². The molecule has 0 fully saturated rings. The Balaban J connectivity index is 2.82. The fourth-order valence-corrected chi connectivity index (χ4v) is 1.42. The lowest BCUT2D eigenvalue weighted by molar-refractivity contribution is -0.384. The maximum atomic E-state index is 10.9. The molecule has 1 rings (SSSR count). The van der Waals surface area contributed by atoms with Crippen LogP contribution in [0.5, 0.6) is 0 Å². The first-order valence-electron chi connectivity index (χ1n) is 5.50. The molecule has 0 aliphatic carbocycles. The third kappa shape index (κ3) is 4.32. The zero-order valence-corrected chi connectivity index (χ0v) is 10.8. The molecule has 0 saturated carbocycles. The minimum atomic E-state index is -0.520. The van der Waals surface area contributed by atoms with Gasteiger partial charge < -0.3 is 20.2 Å². The molecule has 19 heavy (non-hydrogen) atoms. The second kappa shape index (κ2) is 7.46. The number of nitrogens with zero attached hydrogens (tertiary/aromatic N) is 2. The van der Waals surface area contributed by atoms with Gasteiger partial charge in [-0.25, -0.2) is 10.8 Å². The van der Waals surface area contributed by atoms with Gasteiger partial charge in [-0.3, -0.25) is 10.1 Å². The van der Waals surface area contributed by atoms with Crippen molar-refractivity contribution in [3.63, 3.8) is 0 Å². The molecule has 1 aromatic rings. The van der Waals surface area contributed by atoms with E-state index in [4.69, 9.17) is 15.3 Å². The molecule has 0 bridgehead atoms. The normalized spacial score (nSPS) is 11.9. The molecule has 0 aliphatic rings. The van der Waals surface area contributed by atoms with Crippen molar-refractivity contribution in [1.82, 2.24) is 4.98 Å². The highest BCUT2D eigenvalue weighted by molar-refractivity contribution is 5.60. The van der Waals surface area contributed by atoms with Crippen molar-refractivity contribution in [2.45, 2.75) is 6.10 Å². The van der Waals surface area contributed by atoms with Crippen LogP contribution in [0.3, 0.4) is 0 Å². The van der Waals surface area contributed by atoms with Crippen LogP contribution in [0.2, 0.25) is 0 Å². The lowest BCUT2D eigenvalue weighted by Gasteiger charge is -2.15. The van der Waals surface area contributed by atoms with Crippen LogP contribution in [-0.4, -0.2) is 43.4 Å². The number of nitrogens with one attached hydrogen (secondary N) is 2. The second-order valence-corrected chi connectivity index (χ2v) is 3.66. The van der Waals surface area contributed by atoms with E-state index in [1.165, 1.54) is 19.2 Å². The van der Waals surface area contributed by atoms with Crippen LogP contribution in [0.4, 0.5) is 17.3 Å². The third-order valence-electron chi connectivity index (χ3n) is 2.40. The van der Waals surface area contributed by atoms with E-state index >= 15 is 0 Å². The number of ether oxygens (including phenoxy) is 2. The molecule has 1 unspecified atom stereocenters. The molecule has 1 heterocycles. The largest absolute Gasteiger partial charge is 0.382 e. The number of nitrogen functional groups attached to an aromatic ring is 1. The molecule has 0 amide bonds. The van der Waals surface area contributed by atoms with E-state index in [0.717, 1.165) is 0 Å². The average molecular weight is 271 g/mol. The molecule has 0 aromatic carbocycles. The van der Waals surface area contributed by atoms with Crippen LogP contribution in [0.25, 0.3) is 0 Å². The van der Waals surface area contributed by atoms with E-state index in [-0.39, 0.29) is 17.6 Å². The van der Waals surface area contributed by atoms with Gasteiger partial charge in [0, 0.05) is 26.8 Å². The van der Waals surface area contributed by atoms with Crippen molar-refractivity contribution in [2.24, 2.45) is 5.84 Å². The average Bonchev–Trinajstić information content (AvgIpc) is 2.42. The molecule has 9 heteroatoms. The molecular formula is C10H17N5O4. The Kier molecular flexibility index (Phi) is 5.93. The first kappa shape index (κ1) is 15.1.